The highest BCUT2D eigenvalue weighted by atomic mass is 32.2. The van der Waals surface area contributed by atoms with Crippen molar-refractivity contribution in [1.29, 1.82) is 0 Å². The van der Waals surface area contributed by atoms with Crippen molar-refractivity contribution in [2.75, 3.05) is 26.8 Å². The molecule has 0 aliphatic heterocycles. The standard InChI is InChI=1S/C10H24N2O4S/c1-9(2)7-11-17(14,15)12-8-10(3,13)5-6-16-4/h9,11-13H,5-8H2,1-4H3. The SMILES string of the molecule is COCCC(C)(O)CNS(=O)(=O)NCC(C)C. The molecule has 0 fully saturated rings. The number of ether oxygens (including phenoxy) is 1. The smallest absolute Gasteiger partial charge is 0.277 e. The van der Waals surface area contributed by atoms with E-state index < -0.39 is 15.8 Å². The van der Waals surface area contributed by atoms with Gasteiger partial charge in [-0.15, -0.1) is 0 Å². The van der Waals surface area contributed by atoms with E-state index in [4.69, 9.17) is 4.74 Å². The molecule has 0 bridgehead atoms. The molecule has 0 aromatic heterocycles. The Bertz CT molecular complexity index is 301. The summed E-state index contributed by atoms with van der Waals surface area (Å²) in [5.41, 5.74) is -1.11. The Morgan fingerprint density at radius 3 is 2.41 bits per heavy atom. The predicted octanol–water partition coefficient (Wildman–Crippen LogP) is -0.146. The minimum absolute atomic E-state index is 0.0379. The maximum atomic E-state index is 11.5. The highest BCUT2D eigenvalue weighted by Gasteiger charge is 2.22. The van der Waals surface area contributed by atoms with Crippen LogP contribution in [-0.4, -0.2) is 45.9 Å². The van der Waals surface area contributed by atoms with E-state index in [1.807, 2.05) is 13.8 Å². The summed E-state index contributed by atoms with van der Waals surface area (Å²) in [7, 11) is -2.00. The van der Waals surface area contributed by atoms with Gasteiger partial charge in [0, 0.05) is 33.2 Å². The van der Waals surface area contributed by atoms with Crippen LogP contribution in [0.3, 0.4) is 0 Å². The zero-order chi connectivity index (χ0) is 13.5. The summed E-state index contributed by atoms with van der Waals surface area (Å²) in [6.07, 6.45) is 0.371. The number of nitrogens with one attached hydrogen (secondary N) is 2. The van der Waals surface area contributed by atoms with Crippen LogP contribution in [0.4, 0.5) is 0 Å². The van der Waals surface area contributed by atoms with Crippen molar-refractivity contribution in [3.05, 3.63) is 0 Å². The third-order valence-electron chi connectivity index (χ3n) is 2.17. The van der Waals surface area contributed by atoms with Crippen molar-refractivity contribution >= 4 is 10.2 Å². The van der Waals surface area contributed by atoms with Crippen LogP contribution in [0.15, 0.2) is 0 Å². The second-order valence-electron chi connectivity index (χ2n) is 4.81. The molecule has 1 unspecified atom stereocenters. The Hall–Kier alpha value is -0.210. The number of hydrogen-bond donors (Lipinski definition) is 3. The van der Waals surface area contributed by atoms with Gasteiger partial charge in [-0.2, -0.15) is 13.1 Å². The minimum atomic E-state index is -3.54. The van der Waals surface area contributed by atoms with Gasteiger partial charge in [0.15, 0.2) is 0 Å². The van der Waals surface area contributed by atoms with Crippen molar-refractivity contribution in [2.45, 2.75) is 32.8 Å². The molecular formula is C10H24N2O4S. The van der Waals surface area contributed by atoms with Gasteiger partial charge in [-0.25, -0.2) is 4.72 Å². The molecule has 0 aliphatic carbocycles. The molecule has 0 spiro atoms. The molecule has 104 valence electrons. The molecule has 0 aromatic rings. The number of hydrogen-bond acceptors (Lipinski definition) is 4. The quantitative estimate of drug-likeness (QED) is 0.543. The second-order valence-corrected chi connectivity index (χ2v) is 6.39. The van der Waals surface area contributed by atoms with Crippen molar-refractivity contribution < 1.29 is 18.3 Å². The average molecular weight is 268 g/mol. The van der Waals surface area contributed by atoms with Gasteiger partial charge in [0.2, 0.25) is 0 Å². The molecule has 0 amide bonds. The first kappa shape index (κ1) is 16.8. The molecular weight excluding hydrogens is 244 g/mol. The van der Waals surface area contributed by atoms with E-state index in [9.17, 15) is 13.5 Å². The highest BCUT2D eigenvalue weighted by molar-refractivity contribution is 7.87. The normalized spacial score (nSPS) is 16.1. The van der Waals surface area contributed by atoms with Crippen LogP contribution in [-0.2, 0) is 14.9 Å². The van der Waals surface area contributed by atoms with Gasteiger partial charge in [-0.3, -0.25) is 0 Å². The first-order valence-corrected chi connectivity index (χ1v) is 7.12. The Labute approximate surface area is 104 Å². The zero-order valence-electron chi connectivity index (χ0n) is 11.0. The molecule has 3 N–H and O–H groups in total. The van der Waals surface area contributed by atoms with Gasteiger partial charge in [-0.1, -0.05) is 13.8 Å². The summed E-state index contributed by atoms with van der Waals surface area (Å²) in [6, 6.07) is 0. The lowest BCUT2D eigenvalue weighted by Crippen LogP contribution is -2.46. The van der Waals surface area contributed by atoms with Crippen LogP contribution >= 0.6 is 0 Å². The Morgan fingerprint density at radius 1 is 1.35 bits per heavy atom. The lowest BCUT2D eigenvalue weighted by Gasteiger charge is -2.23. The first-order valence-electron chi connectivity index (χ1n) is 5.64. The topological polar surface area (TPSA) is 87.7 Å². The molecule has 17 heavy (non-hydrogen) atoms. The van der Waals surface area contributed by atoms with Crippen molar-refractivity contribution in [3.63, 3.8) is 0 Å². The summed E-state index contributed by atoms with van der Waals surface area (Å²) in [5, 5.41) is 9.85. The van der Waals surface area contributed by atoms with E-state index in [0.29, 0.717) is 19.6 Å². The largest absolute Gasteiger partial charge is 0.389 e. The molecule has 0 heterocycles. The monoisotopic (exact) mass is 268 g/mol. The van der Waals surface area contributed by atoms with E-state index in [2.05, 4.69) is 9.44 Å². The van der Waals surface area contributed by atoms with Crippen LogP contribution in [0.2, 0.25) is 0 Å². The van der Waals surface area contributed by atoms with Crippen molar-refractivity contribution in [3.8, 4) is 0 Å². The fourth-order valence-corrected chi connectivity index (χ4v) is 2.14. The van der Waals surface area contributed by atoms with E-state index >= 15 is 0 Å². The highest BCUT2D eigenvalue weighted by Crippen LogP contribution is 2.07. The van der Waals surface area contributed by atoms with Crippen LogP contribution in [0.1, 0.15) is 27.2 Å². The third kappa shape index (κ3) is 9.49. The molecule has 0 aliphatic rings. The number of methoxy groups -OCH3 is 1. The van der Waals surface area contributed by atoms with Gasteiger partial charge >= 0.3 is 0 Å². The van der Waals surface area contributed by atoms with Gasteiger partial charge in [-0.05, 0) is 12.8 Å². The van der Waals surface area contributed by atoms with E-state index in [0.717, 1.165) is 0 Å². The maximum Gasteiger partial charge on any atom is 0.277 e. The molecule has 0 radical (unpaired) electrons. The summed E-state index contributed by atoms with van der Waals surface area (Å²) in [5.74, 6) is 0.237. The van der Waals surface area contributed by atoms with Gasteiger partial charge in [0.05, 0.1) is 5.60 Å². The fraction of sp³-hybridized carbons (Fsp3) is 1.00. The number of aliphatic hydroxyl groups is 1. The molecule has 0 saturated heterocycles. The Balaban J connectivity index is 4.07. The minimum Gasteiger partial charge on any atom is -0.389 e. The third-order valence-corrected chi connectivity index (χ3v) is 3.24. The predicted molar refractivity (Wildman–Crippen MR) is 66.9 cm³/mol. The zero-order valence-corrected chi connectivity index (χ0v) is 11.8. The maximum absolute atomic E-state index is 11.5. The summed E-state index contributed by atoms with van der Waals surface area (Å²) in [4.78, 5) is 0. The lowest BCUT2D eigenvalue weighted by atomic mass is 10.0. The van der Waals surface area contributed by atoms with Crippen LogP contribution < -0.4 is 9.44 Å². The molecule has 1 atom stereocenters. The van der Waals surface area contributed by atoms with E-state index in [-0.39, 0.29) is 12.5 Å². The van der Waals surface area contributed by atoms with Crippen molar-refractivity contribution in [2.24, 2.45) is 5.92 Å². The van der Waals surface area contributed by atoms with Crippen LogP contribution in [0, 0.1) is 5.92 Å². The molecule has 7 heteroatoms. The molecule has 0 aromatic carbocycles. The van der Waals surface area contributed by atoms with E-state index in [1.165, 1.54) is 7.11 Å². The molecule has 0 rings (SSSR count). The summed E-state index contributed by atoms with van der Waals surface area (Å²) >= 11 is 0. The van der Waals surface area contributed by atoms with Gasteiger partial charge in [0.25, 0.3) is 10.2 Å². The summed E-state index contributed by atoms with van der Waals surface area (Å²) in [6.45, 7) is 6.11. The number of rotatable bonds is 9. The Kier molecular flexibility index (Phi) is 7.18. The Morgan fingerprint density at radius 2 is 1.94 bits per heavy atom. The van der Waals surface area contributed by atoms with Crippen LogP contribution in [0.25, 0.3) is 0 Å². The summed E-state index contributed by atoms with van der Waals surface area (Å²) < 4.78 is 32.5. The fourth-order valence-electron chi connectivity index (χ4n) is 0.988. The van der Waals surface area contributed by atoms with Gasteiger partial charge in [0.1, 0.15) is 0 Å². The van der Waals surface area contributed by atoms with Gasteiger partial charge < -0.3 is 9.84 Å². The van der Waals surface area contributed by atoms with E-state index in [1.54, 1.807) is 6.92 Å². The lowest BCUT2D eigenvalue weighted by molar-refractivity contribution is 0.0291. The average Bonchev–Trinajstić information content (AvgIpc) is 2.22. The molecule has 0 saturated carbocycles. The first-order chi connectivity index (χ1) is 7.68. The van der Waals surface area contributed by atoms with Crippen molar-refractivity contribution in [1.82, 2.24) is 9.44 Å². The van der Waals surface area contributed by atoms with Crippen LogP contribution in [0.5, 0.6) is 0 Å². The second kappa shape index (κ2) is 7.27. The molecule has 6 nitrogen and oxygen atoms in total.